The standard InChI is InChI=1S/C57H100O4/c1-15-17-19-21-23-25-27-29-31-33-35-44-37-46(52(3,4)5)50(47(38-44)53(6,7)8)57(61,56(41-58,42-59)43-60)51-48(54(9,10)11)39-45(40-49(51)55(12,13)14)36-34-32-30-28-26-24-22-20-18-16-2/h37-40,58-61H,15-36,41-43H2,1-14H3. The first-order valence-corrected chi connectivity index (χ1v) is 25.4. The van der Waals surface area contributed by atoms with Gasteiger partial charge in [-0.1, -0.05) is 237 Å². The Balaban J connectivity index is 2.85. The molecule has 2 aromatic rings. The van der Waals surface area contributed by atoms with E-state index in [4.69, 9.17) is 0 Å². The highest BCUT2D eigenvalue weighted by Gasteiger charge is 2.58. The predicted octanol–water partition coefficient (Wildman–Crippen LogP) is 15.0. The van der Waals surface area contributed by atoms with Crippen LogP contribution in [0.4, 0.5) is 0 Å². The molecular weight excluding hydrogens is 749 g/mol. The van der Waals surface area contributed by atoms with Crippen LogP contribution in [0.3, 0.4) is 0 Å². The molecule has 2 rings (SSSR count). The van der Waals surface area contributed by atoms with Crippen LogP contribution in [-0.4, -0.2) is 40.2 Å². The average molecular weight is 849 g/mol. The quantitative estimate of drug-likeness (QED) is 0.0643. The van der Waals surface area contributed by atoms with Crippen LogP contribution in [0.25, 0.3) is 0 Å². The molecule has 0 amide bonds. The Kier molecular flexibility index (Phi) is 22.8. The second kappa shape index (κ2) is 25.1. The molecule has 0 spiro atoms. The minimum Gasteiger partial charge on any atom is -0.395 e. The molecule has 0 aliphatic carbocycles. The molecule has 0 aromatic heterocycles. The number of benzene rings is 2. The number of aliphatic hydroxyl groups excluding tert-OH is 3. The zero-order valence-electron chi connectivity index (χ0n) is 42.8. The second-order valence-corrected chi connectivity index (χ2v) is 23.5. The van der Waals surface area contributed by atoms with Gasteiger partial charge in [-0.2, -0.15) is 0 Å². The molecule has 0 heterocycles. The van der Waals surface area contributed by atoms with E-state index in [-0.39, 0.29) is 0 Å². The zero-order chi connectivity index (χ0) is 46.1. The number of hydrogen-bond acceptors (Lipinski definition) is 4. The summed E-state index contributed by atoms with van der Waals surface area (Å²) in [6.45, 7) is 29.4. The summed E-state index contributed by atoms with van der Waals surface area (Å²) in [6.07, 6.45) is 27.8. The lowest BCUT2D eigenvalue weighted by Crippen LogP contribution is -2.57. The molecule has 0 unspecified atom stereocenters. The molecule has 2 aromatic carbocycles. The normalized spacial score (nSPS) is 13.4. The van der Waals surface area contributed by atoms with Gasteiger partial charge in [-0.05, 0) is 91.9 Å². The molecule has 0 saturated carbocycles. The largest absolute Gasteiger partial charge is 0.395 e. The average Bonchev–Trinajstić information content (AvgIpc) is 3.18. The summed E-state index contributed by atoms with van der Waals surface area (Å²) in [5.74, 6) is 0. The predicted molar refractivity (Wildman–Crippen MR) is 265 cm³/mol. The molecule has 0 atom stereocenters. The lowest BCUT2D eigenvalue weighted by atomic mass is 9.56. The van der Waals surface area contributed by atoms with Crippen molar-refractivity contribution in [1.82, 2.24) is 0 Å². The van der Waals surface area contributed by atoms with Crippen molar-refractivity contribution < 1.29 is 20.4 Å². The summed E-state index contributed by atoms with van der Waals surface area (Å²) < 4.78 is 0. The zero-order valence-corrected chi connectivity index (χ0v) is 42.8. The molecule has 0 radical (unpaired) electrons. The van der Waals surface area contributed by atoms with Gasteiger partial charge in [-0.3, -0.25) is 0 Å². The number of hydrogen-bond donors (Lipinski definition) is 4. The van der Waals surface area contributed by atoms with Gasteiger partial charge in [-0.15, -0.1) is 0 Å². The third-order valence-corrected chi connectivity index (χ3v) is 13.7. The van der Waals surface area contributed by atoms with Crippen LogP contribution >= 0.6 is 0 Å². The monoisotopic (exact) mass is 849 g/mol. The minimum atomic E-state index is -1.95. The molecule has 352 valence electrons. The van der Waals surface area contributed by atoms with Gasteiger partial charge in [0.15, 0.2) is 0 Å². The summed E-state index contributed by atoms with van der Waals surface area (Å²) in [7, 11) is 0. The molecule has 0 aliphatic heterocycles. The fraction of sp³-hybridized carbons (Fsp3) is 0.789. The molecule has 0 bridgehead atoms. The van der Waals surface area contributed by atoms with Crippen molar-refractivity contribution >= 4 is 0 Å². The van der Waals surface area contributed by atoms with Crippen LogP contribution in [0.2, 0.25) is 0 Å². The van der Waals surface area contributed by atoms with Crippen LogP contribution in [-0.2, 0) is 40.1 Å². The molecule has 4 nitrogen and oxygen atoms in total. The van der Waals surface area contributed by atoms with Crippen LogP contribution in [0.15, 0.2) is 24.3 Å². The molecule has 0 fully saturated rings. The highest BCUT2D eigenvalue weighted by atomic mass is 16.3. The highest BCUT2D eigenvalue weighted by molar-refractivity contribution is 5.60. The first-order valence-electron chi connectivity index (χ1n) is 25.4. The second-order valence-electron chi connectivity index (χ2n) is 23.5. The van der Waals surface area contributed by atoms with E-state index in [1.807, 2.05) is 0 Å². The van der Waals surface area contributed by atoms with Crippen molar-refractivity contribution in [2.75, 3.05) is 19.8 Å². The lowest BCUT2D eigenvalue weighted by molar-refractivity contribution is -0.138. The Hall–Kier alpha value is -1.72. The van der Waals surface area contributed by atoms with E-state index in [2.05, 4.69) is 121 Å². The SMILES string of the molecule is CCCCCCCCCCCCc1cc(C(C)(C)C)c(C(O)(c2c(C(C)(C)C)cc(CCCCCCCCCCCC)cc2C(C)(C)C)C(CO)(CO)CO)c(C(C)(C)C)c1. The number of rotatable bonds is 28. The van der Waals surface area contributed by atoms with Crippen molar-refractivity contribution in [3.8, 4) is 0 Å². The Bertz CT molecular complexity index is 1350. The van der Waals surface area contributed by atoms with Crippen molar-refractivity contribution in [3.05, 3.63) is 68.8 Å². The Morgan fingerprint density at radius 2 is 0.557 bits per heavy atom. The maximum Gasteiger partial charge on any atom is 0.128 e. The van der Waals surface area contributed by atoms with E-state index < -0.39 is 52.5 Å². The van der Waals surface area contributed by atoms with Crippen molar-refractivity contribution in [3.63, 3.8) is 0 Å². The molecule has 4 N–H and O–H groups in total. The van der Waals surface area contributed by atoms with E-state index >= 15 is 0 Å². The maximum atomic E-state index is 14.5. The van der Waals surface area contributed by atoms with Crippen LogP contribution in [0.1, 0.15) is 270 Å². The van der Waals surface area contributed by atoms with Gasteiger partial charge in [0.25, 0.3) is 0 Å². The van der Waals surface area contributed by atoms with E-state index in [0.717, 1.165) is 59.1 Å². The summed E-state index contributed by atoms with van der Waals surface area (Å²) in [6, 6.07) is 9.25. The lowest BCUT2D eigenvalue weighted by Gasteiger charge is -2.52. The van der Waals surface area contributed by atoms with Gasteiger partial charge in [-0.25, -0.2) is 0 Å². The summed E-state index contributed by atoms with van der Waals surface area (Å²) >= 11 is 0. The van der Waals surface area contributed by atoms with Gasteiger partial charge in [0.1, 0.15) is 5.60 Å². The van der Waals surface area contributed by atoms with Gasteiger partial charge >= 0.3 is 0 Å². The van der Waals surface area contributed by atoms with Crippen molar-refractivity contribution in [2.45, 2.75) is 265 Å². The first-order chi connectivity index (χ1) is 28.5. The summed E-state index contributed by atoms with van der Waals surface area (Å²) in [5, 5.41) is 49.1. The fourth-order valence-electron chi connectivity index (χ4n) is 9.62. The van der Waals surface area contributed by atoms with Gasteiger partial charge in [0.05, 0.1) is 25.2 Å². The summed E-state index contributed by atoms with van der Waals surface area (Å²) in [4.78, 5) is 0. The minimum absolute atomic E-state index is 0.400. The molecule has 4 heteroatoms. The van der Waals surface area contributed by atoms with Gasteiger partial charge in [0, 0.05) is 0 Å². The van der Waals surface area contributed by atoms with E-state index in [1.54, 1.807) is 0 Å². The third-order valence-electron chi connectivity index (χ3n) is 13.7. The number of aliphatic hydroxyl groups is 4. The molecular formula is C57H100O4. The Labute approximate surface area is 378 Å². The molecule has 0 aliphatic rings. The topological polar surface area (TPSA) is 80.9 Å². The van der Waals surface area contributed by atoms with E-state index in [0.29, 0.717) is 0 Å². The van der Waals surface area contributed by atoms with E-state index in [9.17, 15) is 20.4 Å². The third kappa shape index (κ3) is 15.7. The maximum absolute atomic E-state index is 14.5. The molecule has 61 heavy (non-hydrogen) atoms. The Morgan fingerprint density at radius 3 is 0.754 bits per heavy atom. The highest BCUT2D eigenvalue weighted by Crippen LogP contribution is 2.56. The Morgan fingerprint density at radius 1 is 0.344 bits per heavy atom. The van der Waals surface area contributed by atoms with Crippen LogP contribution in [0.5, 0.6) is 0 Å². The van der Waals surface area contributed by atoms with E-state index in [1.165, 1.54) is 127 Å². The number of aryl methyl sites for hydroxylation is 2. The first kappa shape index (κ1) is 55.4. The van der Waals surface area contributed by atoms with Crippen molar-refractivity contribution in [1.29, 1.82) is 0 Å². The smallest absolute Gasteiger partial charge is 0.128 e. The fourth-order valence-corrected chi connectivity index (χ4v) is 9.62. The van der Waals surface area contributed by atoms with Gasteiger partial charge in [0.2, 0.25) is 0 Å². The van der Waals surface area contributed by atoms with Gasteiger partial charge < -0.3 is 20.4 Å². The van der Waals surface area contributed by atoms with Crippen LogP contribution in [0, 0.1) is 5.41 Å². The number of unbranched alkanes of at least 4 members (excludes halogenated alkanes) is 18. The van der Waals surface area contributed by atoms with Crippen molar-refractivity contribution in [2.24, 2.45) is 5.41 Å². The molecule has 0 saturated heterocycles. The summed E-state index contributed by atoms with van der Waals surface area (Å²) in [5.41, 5.74) is 2.80. The van der Waals surface area contributed by atoms with Crippen LogP contribution < -0.4 is 0 Å².